The molecule has 3 heteroatoms. The predicted octanol–water partition coefficient (Wildman–Crippen LogP) is 1.39. The minimum Gasteiger partial charge on any atom is -0.396 e. The first-order valence-electron chi connectivity index (χ1n) is 6.34. The molecule has 0 aromatic heterocycles. The highest BCUT2D eigenvalue weighted by atomic mass is 16.3. The Kier molecular flexibility index (Phi) is 6.98. The number of rotatable bonds is 7. The van der Waals surface area contributed by atoms with Gasteiger partial charge in [-0.15, -0.1) is 0 Å². The molecule has 0 aromatic rings. The average Bonchev–Trinajstić information content (AvgIpc) is 2.29. The number of aliphatic hydroxyl groups is 2. The van der Waals surface area contributed by atoms with Crippen molar-refractivity contribution in [2.75, 3.05) is 26.3 Å². The normalized spacial score (nSPS) is 18.6. The number of unbranched alkanes of at least 4 members (excludes halogenated alkanes) is 1. The zero-order valence-corrected chi connectivity index (χ0v) is 9.70. The van der Waals surface area contributed by atoms with E-state index in [-0.39, 0.29) is 13.2 Å². The van der Waals surface area contributed by atoms with Crippen LogP contribution in [0, 0.1) is 0 Å². The molecule has 15 heavy (non-hydrogen) atoms. The molecule has 90 valence electrons. The Morgan fingerprint density at radius 1 is 0.867 bits per heavy atom. The molecule has 0 heterocycles. The monoisotopic (exact) mass is 215 g/mol. The van der Waals surface area contributed by atoms with Crippen LogP contribution in [0.2, 0.25) is 0 Å². The molecule has 1 aliphatic rings. The van der Waals surface area contributed by atoms with E-state index in [1.807, 2.05) is 0 Å². The number of nitrogens with zero attached hydrogens (tertiary/aromatic N) is 1. The van der Waals surface area contributed by atoms with Gasteiger partial charge in [-0.2, -0.15) is 0 Å². The lowest BCUT2D eigenvalue weighted by atomic mass is 9.94. The second-order valence-corrected chi connectivity index (χ2v) is 4.48. The summed E-state index contributed by atoms with van der Waals surface area (Å²) in [4.78, 5) is 2.41. The molecule has 2 N–H and O–H groups in total. The van der Waals surface area contributed by atoms with Gasteiger partial charge in [0, 0.05) is 19.2 Å². The smallest absolute Gasteiger partial charge is 0.0558 e. The summed E-state index contributed by atoms with van der Waals surface area (Å²) >= 11 is 0. The molecule has 0 bridgehead atoms. The summed E-state index contributed by atoms with van der Waals surface area (Å²) in [5, 5.41) is 17.8. The van der Waals surface area contributed by atoms with Gasteiger partial charge in [0.05, 0.1) is 6.61 Å². The summed E-state index contributed by atoms with van der Waals surface area (Å²) in [6.45, 7) is 2.38. The van der Waals surface area contributed by atoms with Crippen molar-refractivity contribution in [2.24, 2.45) is 0 Å². The molecule has 0 unspecified atom stereocenters. The Morgan fingerprint density at radius 3 is 2.20 bits per heavy atom. The number of hydrogen-bond donors (Lipinski definition) is 2. The second-order valence-electron chi connectivity index (χ2n) is 4.48. The van der Waals surface area contributed by atoms with E-state index in [0.717, 1.165) is 25.9 Å². The molecule has 1 fully saturated rings. The Morgan fingerprint density at radius 2 is 1.60 bits per heavy atom. The van der Waals surface area contributed by atoms with Crippen LogP contribution in [0.4, 0.5) is 0 Å². The van der Waals surface area contributed by atoms with Gasteiger partial charge in [-0.25, -0.2) is 0 Å². The van der Waals surface area contributed by atoms with Gasteiger partial charge >= 0.3 is 0 Å². The fourth-order valence-corrected chi connectivity index (χ4v) is 2.48. The van der Waals surface area contributed by atoms with Crippen LogP contribution in [0.25, 0.3) is 0 Å². The first kappa shape index (κ1) is 12.9. The summed E-state index contributed by atoms with van der Waals surface area (Å²) in [6, 6.07) is 0.685. The Labute approximate surface area is 93.1 Å². The zero-order valence-electron chi connectivity index (χ0n) is 9.70. The third-order valence-electron chi connectivity index (χ3n) is 3.33. The van der Waals surface area contributed by atoms with Crippen LogP contribution in [0.5, 0.6) is 0 Å². The van der Waals surface area contributed by atoms with Crippen LogP contribution in [0.15, 0.2) is 0 Å². The van der Waals surface area contributed by atoms with Crippen LogP contribution in [-0.2, 0) is 0 Å². The van der Waals surface area contributed by atoms with Crippen molar-refractivity contribution in [3.8, 4) is 0 Å². The van der Waals surface area contributed by atoms with E-state index in [2.05, 4.69) is 4.90 Å². The summed E-state index contributed by atoms with van der Waals surface area (Å²) < 4.78 is 0. The van der Waals surface area contributed by atoms with Crippen molar-refractivity contribution in [1.82, 2.24) is 4.90 Å². The van der Waals surface area contributed by atoms with Crippen molar-refractivity contribution in [2.45, 2.75) is 51.0 Å². The van der Waals surface area contributed by atoms with Gasteiger partial charge in [-0.3, -0.25) is 4.90 Å². The molecule has 0 saturated heterocycles. The largest absolute Gasteiger partial charge is 0.396 e. The molecule has 0 aliphatic heterocycles. The Bertz CT molecular complexity index is 147. The molecule has 1 saturated carbocycles. The van der Waals surface area contributed by atoms with Crippen LogP contribution in [0.1, 0.15) is 44.9 Å². The highest BCUT2D eigenvalue weighted by Gasteiger charge is 2.19. The molecule has 0 aromatic carbocycles. The molecule has 0 amide bonds. The molecular formula is C12H25NO2. The topological polar surface area (TPSA) is 43.7 Å². The summed E-state index contributed by atoms with van der Waals surface area (Å²) in [7, 11) is 0. The SMILES string of the molecule is OCCCCN(CCO)C1CCCCC1. The highest BCUT2D eigenvalue weighted by Crippen LogP contribution is 2.22. The summed E-state index contributed by atoms with van der Waals surface area (Å²) in [6.07, 6.45) is 8.57. The maximum absolute atomic E-state index is 9.03. The molecule has 1 rings (SSSR count). The molecule has 0 radical (unpaired) electrons. The van der Waals surface area contributed by atoms with Crippen molar-refractivity contribution >= 4 is 0 Å². The van der Waals surface area contributed by atoms with Gasteiger partial charge < -0.3 is 10.2 Å². The van der Waals surface area contributed by atoms with E-state index in [1.54, 1.807) is 0 Å². The van der Waals surface area contributed by atoms with E-state index >= 15 is 0 Å². The summed E-state index contributed by atoms with van der Waals surface area (Å²) in [5.41, 5.74) is 0. The van der Waals surface area contributed by atoms with Crippen molar-refractivity contribution in [1.29, 1.82) is 0 Å². The zero-order chi connectivity index (χ0) is 10.9. The van der Waals surface area contributed by atoms with Crippen molar-refractivity contribution in [3.63, 3.8) is 0 Å². The van der Waals surface area contributed by atoms with E-state index in [4.69, 9.17) is 10.2 Å². The lowest BCUT2D eigenvalue weighted by Crippen LogP contribution is -2.39. The first-order valence-corrected chi connectivity index (χ1v) is 6.34. The lowest BCUT2D eigenvalue weighted by Gasteiger charge is -2.33. The fraction of sp³-hybridized carbons (Fsp3) is 1.00. The van der Waals surface area contributed by atoms with E-state index in [0.29, 0.717) is 6.04 Å². The minimum atomic E-state index is 0.260. The van der Waals surface area contributed by atoms with Crippen molar-refractivity contribution < 1.29 is 10.2 Å². The second kappa shape index (κ2) is 8.08. The Hall–Kier alpha value is -0.120. The van der Waals surface area contributed by atoms with Crippen LogP contribution in [-0.4, -0.2) is 47.5 Å². The molecule has 1 aliphatic carbocycles. The third kappa shape index (κ3) is 4.96. The molecule has 3 nitrogen and oxygen atoms in total. The summed E-state index contributed by atoms with van der Waals surface area (Å²) in [5.74, 6) is 0. The van der Waals surface area contributed by atoms with Crippen LogP contribution in [0.3, 0.4) is 0 Å². The molecular weight excluding hydrogens is 190 g/mol. The van der Waals surface area contributed by atoms with E-state index in [1.165, 1.54) is 32.1 Å². The lowest BCUT2D eigenvalue weighted by molar-refractivity contribution is 0.119. The van der Waals surface area contributed by atoms with Gasteiger partial charge in [0.2, 0.25) is 0 Å². The maximum Gasteiger partial charge on any atom is 0.0558 e. The predicted molar refractivity (Wildman–Crippen MR) is 61.9 cm³/mol. The Balaban J connectivity index is 2.26. The molecule has 0 spiro atoms. The minimum absolute atomic E-state index is 0.260. The maximum atomic E-state index is 9.03. The van der Waals surface area contributed by atoms with Gasteiger partial charge in [0.25, 0.3) is 0 Å². The van der Waals surface area contributed by atoms with Gasteiger partial charge in [0.15, 0.2) is 0 Å². The van der Waals surface area contributed by atoms with Crippen LogP contribution < -0.4 is 0 Å². The van der Waals surface area contributed by atoms with Gasteiger partial charge in [-0.1, -0.05) is 19.3 Å². The first-order chi connectivity index (χ1) is 7.38. The number of hydrogen-bond acceptors (Lipinski definition) is 3. The van der Waals surface area contributed by atoms with Crippen molar-refractivity contribution in [3.05, 3.63) is 0 Å². The van der Waals surface area contributed by atoms with Gasteiger partial charge in [-0.05, 0) is 32.2 Å². The molecule has 0 atom stereocenters. The number of aliphatic hydroxyl groups excluding tert-OH is 2. The van der Waals surface area contributed by atoms with E-state index < -0.39 is 0 Å². The fourth-order valence-electron chi connectivity index (χ4n) is 2.48. The quantitative estimate of drug-likeness (QED) is 0.631. The standard InChI is InChI=1S/C12H25NO2/c14-10-5-4-8-13(9-11-15)12-6-2-1-3-7-12/h12,14-15H,1-11H2. The highest BCUT2D eigenvalue weighted by molar-refractivity contribution is 4.75. The van der Waals surface area contributed by atoms with Crippen LogP contribution >= 0.6 is 0 Å². The van der Waals surface area contributed by atoms with E-state index in [9.17, 15) is 0 Å². The van der Waals surface area contributed by atoms with Gasteiger partial charge in [0.1, 0.15) is 0 Å². The third-order valence-corrected chi connectivity index (χ3v) is 3.33. The average molecular weight is 215 g/mol.